The Labute approximate surface area is 173 Å². The zero-order valence-corrected chi connectivity index (χ0v) is 18.3. The number of carboxylic acid groups (broad SMARTS) is 4. The maximum absolute atomic E-state index is 9.00. The van der Waals surface area contributed by atoms with Gasteiger partial charge in [-0.25, -0.2) is 0 Å². The van der Waals surface area contributed by atoms with Crippen molar-refractivity contribution in [3.05, 3.63) is 13.2 Å². The summed E-state index contributed by atoms with van der Waals surface area (Å²) >= 11 is 0. The van der Waals surface area contributed by atoms with E-state index in [2.05, 4.69) is 13.2 Å². The predicted octanol–water partition coefficient (Wildman–Crippen LogP) is -3.07. The van der Waals surface area contributed by atoms with Crippen molar-refractivity contribution in [1.82, 2.24) is 12.3 Å². The number of phosphoric acid groups is 1. The van der Waals surface area contributed by atoms with E-state index >= 15 is 0 Å². The molecule has 0 spiro atoms. The van der Waals surface area contributed by atoms with Gasteiger partial charge in [-0.2, -0.15) is 0 Å². The molecule has 0 aliphatic rings. The molecule has 0 amide bonds. The minimum atomic E-state index is -4.89. The van der Waals surface area contributed by atoms with Gasteiger partial charge >= 0.3 is 29.6 Å². The van der Waals surface area contributed by atoms with E-state index in [0.29, 0.717) is 0 Å². The van der Waals surface area contributed by atoms with Crippen LogP contribution in [0.5, 0.6) is 0 Å². The third kappa shape index (κ3) is 5830. The number of aliphatic carboxylic acids is 4. The summed E-state index contributed by atoms with van der Waals surface area (Å²) in [4.78, 5) is 58.9. The van der Waals surface area contributed by atoms with Gasteiger partial charge in [0.15, 0.2) is 0 Å². The van der Waals surface area contributed by atoms with Crippen LogP contribution in [-0.4, -0.2) is 54.1 Å². The number of hydrogen-bond acceptors (Lipinski definition) is 8. The molecule has 12 N–H and O–H groups in total. The van der Waals surface area contributed by atoms with Crippen LogP contribution in [0.15, 0.2) is 13.2 Å². The fourth-order valence-electron chi connectivity index (χ4n) is 0. The summed E-state index contributed by atoms with van der Waals surface area (Å²) in [6.45, 7) is 10.3. The Morgan fingerprint density at radius 1 is 0.692 bits per heavy atom. The topological polar surface area (TPSA) is 300 Å². The van der Waals surface area contributed by atoms with E-state index in [0.717, 1.165) is 27.7 Å². The van der Waals surface area contributed by atoms with E-state index in [4.69, 9.17) is 58.8 Å². The molecule has 0 fully saturated rings. The van der Waals surface area contributed by atoms with Gasteiger partial charge in [-0.05, 0) is 0 Å². The maximum atomic E-state index is 9.00. The van der Waals surface area contributed by atoms with Gasteiger partial charge in [-0.3, -0.25) is 23.7 Å². The number of hydrogen-bond donors (Lipinski definition) is 8. The first kappa shape index (κ1) is 56.3. The molecule has 156 valence electrons. The van der Waals surface area contributed by atoms with Gasteiger partial charge < -0.3 is 47.4 Å². The minimum absolute atomic E-state index is 0. The van der Waals surface area contributed by atoms with Gasteiger partial charge in [0.2, 0.25) is 0 Å². The fraction of sp³-hybridized carbons (Fsp3) is 0.400. The Bertz CT molecular complexity index is 303. The SMILES string of the molecule is C=C.CC(=O)O.CC(=O)O.CC(=O)O.CC(=O)O.N.N.O=P([O-])(O)O.[Na+]. The molecule has 0 saturated carbocycles. The second kappa shape index (κ2) is 43.8. The van der Waals surface area contributed by atoms with E-state index in [1.54, 1.807) is 0 Å². The predicted molar refractivity (Wildman–Crippen MR) is 86.6 cm³/mol. The van der Waals surface area contributed by atoms with Crippen molar-refractivity contribution in [2.45, 2.75) is 27.7 Å². The molecule has 0 unspecified atom stereocenters. The van der Waals surface area contributed by atoms with E-state index in [1.165, 1.54) is 0 Å². The van der Waals surface area contributed by atoms with Gasteiger partial charge in [0.1, 0.15) is 0 Å². The summed E-state index contributed by atoms with van der Waals surface area (Å²) in [6.07, 6.45) is 0. The van der Waals surface area contributed by atoms with Crippen LogP contribution in [0.1, 0.15) is 27.7 Å². The molecule has 0 aliphatic heterocycles. The molecule has 0 aromatic heterocycles. The molecular formula is C10H28N2NaO12P. The Morgan fingerprint density at radius 2 is 0.692 bits per heavy atom. The van der Waals surface area contributed by atoms with Crippen LogP contribution in [-0.2, 0) is 23.7 Å². The summed E-state index contributed by atoms with van der Waals surface area (Å²) in [5.74, 6) is -3.33. The summed E-state index contributed by atoms with van der Waals surface area (Å²) < 4.78 is 8.77. The quantitative estimate of drug-likeness (QED) is 0.109. The second-order valence-electron chi connectivity index (χ2n) is 2.57. The van der Waals surface area contributed by atoms with Gasteiger partial charge in [-0.15, -0.1) is 13.2 Å². The van der Waals surface area contributed by atoms with Crippen molar-refractivity contribution in [2.75, 3.05) is 0 Å². The molecule has 0 radical (unpaired) electrons. The molecule has 0 aromatic rings. The molecule has 0 atom stereocenters. The summed E-state index contributed by atoms with van der Waals surface area (Å²) in [5.41, 5.74) is 0. The van der Waals surface area contributed by atoms with Crippen molar-refractivity contribution >= 4 is 31.7 Å². The van der Waals surface area contributed by atoms with E-state index < -0.39 is 31.7 Å². The minimum Gasteiger partial charge on any atom is -0.756 e. The smallest absolute Gasteiger partial charge is 0.756 e. The zero-order valence-electron chi connectivity index (χ0n) is 15.4. The average molecular weight is 422 g/mol. The maximum Gasteiger partial charge on any atom is 1.00 e. The van der Waals surface area contributed by atoms with Crippen LogP contribution in [0, 0.1) is 0 Å². The molecule has 14 nitrogen and oxygen atoms in total. The van der Waals surface area contributed by atoms with Crippen molar-refractivity contribution in [2.24, 2.45) is 0 Å². The fourth-order valence-corrected chi connectivity index (χ4v) is 0. The standard InChI is InChI=1S/4C2H4O2.C2H4.2H3N.Na.H3O4P/c4*1-2(3)4;1-2;;;;1-5(2,3)4/h4*1H3,(H,3,4);1-2H2;2*1H3;;(H3,1,2,3,4)/q;;;;;;;+1;/p-1. The molecule has 0 aliphatic carbocycles. The molecule has 0 rings (SSSR count). The zero-order chi connectivity index (χ0) is 20.8. The van der Waals surface area contributed by atoms with Gasteiger partial charge in [0, 0.05) is 27.7 Å². The third-order valence-electron chi connectivity index (χ3n) is 0. The van der Waals surface area contributed by atoms with Gasteiger partial charge in [0.05, 0.1) is 0 Å². The molecule has 16 heteroatoms. The van der Waals surface area contributed by atoms with Crippen molar-refractivity contribution in [3.63, 3.8) is 0 Å². The first-order chi connectivity index (χ1) is 9.93. The molecule has 0 heterocycles. The number of rotatable bonds is 0. The van der Waals surface area contributed by atoms with Crippen LogP contribution >= 0.6 is 7.82 Å². The molecule has 26 heavy (non-hydrogen) atoms. The van der Waals surface area contributed by atoms with E-state index in [1.807, 2.05) is 0 Å². The molecule has 0 saturated heterocycles. The summed E-state index contributed by atoms with van der Waals surface area (Å²) in [5, 5.41) is 29.7. The first-order valence-corrected chi connectivity index (χ1v) is 6.51. The third-order valence-corrected chi connectivity index (χ3v) is 0. The van der Waals surface area contributed by atoms with Gasteiger partial charge in [-0.1, -0.05) is 0 Å². The number of carbonyl (C=O) groups is 4. The van der Waals surface area contributed by atoms with Gasteiger partial charge in [0.25, 0.3) is 31.7 Å². The molecular weight excluding hydrogens is 394 g/mol. The second-order valence-corrected chi connectivity index (χ2v) is 3.55. The number of carboxylic acids is 4. The van der Waals surface area contributed by atoms with Crippen LogP contribution in [0.3, 0.4) is 0 Å². The monoisotopic (exact) mass is 422 g/mol. The van der Waals surface area contributed by atoms with Crippen LogP contribution in [0.25, 0.3) is 0 Å². The Kier molecular flexibility index (Phi) is 94.8. The first-order valence-electron chi connectivity index (χ1n) is 4.98. The van der Waals surface area contributed by atoms with Crippen molar-refractivity contribution in [3.8, 4) is 0 Å². The Morgan fingerprint density at radius 3 is 0.692 bits per heavy atom. The average Bonchev–Trinajstić information content (AvgIpc) is 2.12. The van der Waals surface area contributed by atoms with E-state index in [9.17, 15) is 0 Å². The summed E-state index contributed by atoms with van der Waals surface area (Å²) in [7, 11) is -4.89. The van der Waals surface area contributed by atoms with Crippen LogP contribution < -0.4 is 46.8 Å². The van der Waals surface area contributed by atoms with Crippen molar-refractivity contribution < 1.29 is 88.4 Å². The van der Waals surface area contributed by atoms with E-state index in [-0.39, 0.29) is 41.9 Å². The Balaban J connectivity index is -0.0000000189. The largest absolute Gasteiger partial charge is 1.00 e. The van der Waals surface area contributed by atoms with Crippen LogP contribution in [0.4, 0.5) is 0 Å². The van der Waals surface area contributed by atoms with Crippen molar-refractivity contribution in [1.29, 1.82) is 0 Å². The summed E-state index contributed by atoms with van der Waals surface area (Å²) in [6, 6.07) is 0. The molecule has 0 aromatic carbocycles. The normalized spacial score (nSPS) is 6.27. The molecule has 0 bridgehead atoms. The van der Waals surface area contributed by atoms with Crippen LogP contribution in [0.2, 0.25) is 0 Å². The Hall–Kier alpha value is -1.35.